The summed E-state index contributed by atoms with van der Waals surface area (Å²) >= 11 is 0. The van der Waals surface area contributed by atoms with E-state index in [4.69, 9.17) is 4.74 Å². The Kier molecular flexibility index (Phi) is 6.60. The van der Waals surface area contributed by atoms with Gasteiger partial charge in [-0.1, -0.05) is 12.1 Å². The zero-order valence-electron chi connectivity index (χ0n) is 17.6. The second-order valence-corrected chi connectivity index (χ2v) is 7.59. The Labute approximate surface area is 180 Å². The van der Waals surface area contributed by atoms with Gasteiger partial charge in [-0.3, -0.25) is 9.59 Å². The fourth-order valence-corrected chi connectivity index (χ4v) is 3.68. The number of phenols is 1. The Morgan fingerprint density at radius 2 is 1.94 bits per heavy atom. The summed E-state index contributed by atoms with van der Waals surface area (Å²) in [5.41, 5.74) is 0.374. The maximum Gasteiger partial charge on any atom is 0.295 e. The van der Waals surface area contributed by atoms with Crippen molar-refractivity contribution < 1.29 is 28.9 Å². The van der Waals surface area contributed by atoms with Crippen molar-refractivity contribution in [1.29, 1.82) is 0 Å². The first-order chi connectivity index (χ1) is 14.7. The molecule has 1 fully saturated rings. The van der Waals surface area contributed by atoms with Crippen LogP contribution in [0.5, 0.6) is 11.5 Å². The smallest absolute Gasteiger partial charge is 0.295 e. The van der Waals surface area contributed by atoms with Gasteiger partial charge in [0.1, 0.15) is 11.5 Å². The number of Topliss-reactive ketones (excluding diaryl/α,β-unsaturated/α-hetero) is 1. The number of hydrogen-bond donors (Lipinski definition) is 2. The standard InChI is InChI=1S/C23H25FN2O5/c1-25(2)10-5-11-26-20(14-6-4-7-16(27)12-14)19(22(29)23(26)30)21(28)15-8-9-18(31-3)17(24)13-15/h4,6-9,12-13,20,27-28H,5,10-11H2,1-3H3/t20-/m1/s1. The van der Waals surface area contributed by atoms with Gasteiger partial charge in [-0.15, -0.1) is 0 Å². The van der Waals surface area contributed by atoms with Gasteiger partial charge in [0.15, 0.2) is 11.6 Å². The summed E-state index contributed by atoms with van der Waals surface area (Å²) in [6.07, 6.45) is 0.604. The topological polar surface area (TPSA) is 90.3 Å². The van der Waals surface area contributed by atoms with Crippen molar-refractivity contribution in [1.82, 2.24) is 9.80 Å². The number of methoxy groups -OCH3 is 1. The Morgan fingerprint density at radius 1 is 1.19 bits per heavy atom. The number of halogens is 1. The molecule has 0 aromatic heterocycles. The van der Waals surface area contributed by atoms with Gasteiger partial charge in [-0.25, -0.2) is 4.39 Å². The Hall–Kier alpha value is -3.39. The maximum atomic E-state index is 14.2. The molecule has 1 amide bonds. The highest BCUT2D eigenvalue weighted by molar-refractivity contribution is 6.46. The summed E-state index contributed by atoms with van der Waals surface area (Å²) in [5.74, 6) is -2.84. The number of benzene rings is 2. The minimum Gasteiger partial charge on any atom is -0.508 e. The molecule has 0 unspecified atom stereocenters. The lowest BCUT2D eigenvalue weighted by molar-refractivity contribution is -0.139. The van der Waals surface area contributed by atoms with Gasteiger partial charge < -0.3 is 24.7 Å². The van der Waals surface area contributed by atoms with Crippen LogP contribution >= 0.6 is 0 Å². The molecule has 8 heteroatoms. The third kappa shape index (κ3) is 4.54. The highest BCUT2D eigenvalue weighted by atomic mass is 19.1. The molecule has 2 aromatic rings. The van der Waals surface area contributed by atoms with E-state index in [1.807, 2.05) is 19.0 Å². The van der Waals surface area contributed by atoms with E-state index in [9.17, 15) is 24.2 Å². The van der Waals surface area contributed by atoms with E-state index < -0.39 is 29.3 Å². The van der Waals surface area contributed by atoms with Crippen LogP contribution in [0.4, 0.5) is 4.39 Å². The van der Waals surface area contributed by atoms with Gasteiger partial charge in [0.05, 0.1) is 18.7 Å². The number of phenolic OH excluding ortho intramolecular Hbond substituents is 1. The predicted octanol–water partition coefficient (Wildman–Crippen LogP) is 2.91. The van der Waals surface area contributed by atoms with Crippen LogP contribution in [-0.2, 0) is 9.59 Å². The number of carbonyl (C=O) groups excluding carboxylic acids is 2. The van der Waals surface area contributed by atoms with Crippen molar-refractivity contribution in [2.45, 2.75) is 12.5 Å². The van der Waals surface area contributed by atoms with Gasteiger partial charge in [-0.2, -0.15) is 0 Å². The number of likely N-dealkylation sites (tertiary alicyclic amines) is 1. The van der Waals surface area contributed by atoms with Crippen LogP contribution < -0.4 is 4.74 Å². The molecule has 1 aliphatic rings. The number of hydrogen-bond acceptors (Lipinski definition) is 6. The lowest BCUT2D eigenvalue weighted by atomic mass is 9.95. The lowest BCUT2D eigenvalue weighted by Gasteiger charge is -2.26. The van der Waals surface area contributed by atoms with Crippen molar-refractivity contribution in [3.8, 4) is 11.5 Å². The largest absolute Gasteiger partial charge is 0.508 e. The Balaban J connectivity index is 2.11. The first kappa shape index (κ1) is 22.3. The summed E-state index contributed by atoms with van der Waals surface area (Å²) in [6, 6.07) is 9.07. The second-order valence-electron chi connectivity index (χ2n) is 7.59. The van der Waals surface area contributed by atoms with E-state index in [-0.39, 0.29) is 29.2 Å². The van der Waals surface area contributed by atoms with Crippen LogP contribution in [0.2, 0.25) is 0 Å². The zero-order chi connectivity index (χ0) is 22.7. The molecule has 1 aliphatic heterocycles. The first-order valence-electron chi connectivity index (χ1n) is 9.80. The molecule has 0 bridgehead atoms. The SMILES string of the molecule is COc1ccc(C(O)=C2C(=O)C(=O)N(CCCN(C)C)[C@@H]2c2cccc(O)c2)cc1F. The molecule has 7 nitrogen and oxygen atoms in total. The van der Waals surface area contributed by atoms with Crippen LogP contribution in [0.25, 0.3) is 5.76 Å². The highest BCUT2D eigenvalue weighted by Gasteiger charge is 2.45. The number of aromatic hydroxyl groups is 1. The molecule has 1 atom stereocenters. The van der Waals surface area contributed by atoms with E-state index in [0.29, 0.717) is 18.5 Å². The number of rotatable bonds is 7. The molecule has 0 radical (unpaired) electrons. The van der Waals surface area contributed by atoms with E-state index >= 15 is 0 Å². The molecule has 0 aliphatic carbocycles. The van der Waals surface area contributed by atoms with Crippen molar-refractivity contribution in [2.24, 2.45) is 0 Å². The summed E-state index contributed by atoms with van der Waals surface area (Å²) < 4.78 is 19.1. The van der Waals surface area contributed by atoms with E-state index in [2.05, 4.69) is 0 Å². The maximum absolute atomic E-state index is 14.2. The molecule has 1 heterocycles. The average Bonchev–Trinajstić information content (AvgIpc) is 2.98. The summed E-state index contributed by atoms with van der Waals surface area (Å²) in [7, 11) is 5.12. The van der Waals surface area contributed by atoms with Gasteiger partial charge in [-0.05, 0) is 63.0 Å². The molecule has 0 saturated carbocycles. The zero-order valence-corrected chi connectivity index (χ0v) is 17.6. The van der Waals surface area contributed by atoms with E-state index in [1.54, 1.807) is 12.1 Å². The lowest BCUT2D eigenvalue weighted by Crippen LogP contribution is -2.32. The van der Waals surface area contributed by atoms with Crippen LogP contribution in [0.3, 0.4) is 0 Å². The number of amides is 1. The minimum atomic E-state index is -0.903. The number of ketones is 1. The third-order valence-electron chi connectivity index (χ3n) is 5.16. The summed E-state index contributed by atoms with van der Waals surface area (Å²) in [5, 5.41) is 20.9. The molecule has 2 N–H and O–H groups in total. The Bertz CT molecular complexity index is 1030. The summed E-state index contributed by atoms with van der Waals surface area (Å²) in [4.78, 5) is 29.1. The molecule has 164 valence electrons. The van der Waals surface area contributed by atoms with Gasteiger partial charge in [0.2, 0.25) is 0 Å². The van der Waals surface area contributed by atoms with Gasteiger partial charge >= 0.3 is 0 Å². The highest BCUT2D eigenvalue weighted by Crippen LogP contribution is 2.40. The van der Waals surface area contributed by atoms with Gasteiger partial charge in [0.25, 0.3) is 11.7 Å². The van der Waals surface area contributed by atoms with Crippen molar-refractivity contribution in [3.05, 3.63) is 65.0 Å². The monoisotopic (exact) mass is 428 g/mol. The second kappa shape index (κ2) is 9.18. The predicted molar refractivity (Wildman–Crippen MR) is 113 cm³/mol. The number of carbonyl (C=O) groups is 2. The molecule has 1 saturated heterocycles. The third-order valence-corrected chi connectivity index (χ3v) is 5.16. The fraction of sp³-hybridized carbons (Fsp3) is 0.304. The Morgan fingerprint density at radius 3 is 2.55 bits per heavy atom. The fourth-order valence-electron chi connectivity index (χ4n) is 3.68. The van der Waals surface area contributed by atoms with E-state index in [0.717, 1.165) is 6.07 Å². The van der Waals surface area contributed by atoms with Crippen LogP contribution in [0.15, 0.2) is 48.0 Å². The quantitative estimate of drug-likeness (QED) is 0.400. The number of ether oxygens (including phenoxy) is 1. The van der Waals surface area contributed by atoms with Crippen LogP contribution in [0.1, 0.15) is 23.6 Å². The van der Waals surface area contributed by atoms with Crippen molar-refractivity contribution in [2.75, 3.05) is 34.3 Å². The molecular formula is C23H25FN2O5. The molecule has 31 heavy (non-hydrogen) atoms. The normalized spacial score (nSPS) is 18.1. The number of aliphatic hydroxyl groups excluding tert-OH is 1. The molecule has 3 rings (SSSR count). The van der Waals surface area contributed by atoms with Crippen molar-refractivity contribution in [3.63, 3.8) is 0 Å². The average molecular weight is 428 g/mol. The molecule has 0 spiro atoms. The molecule has 2 aromatic carbocycles. The molecular weight excluding hydrogens is 403 g/mol. The first-order valence-corrected chi connectivity index (χ1v) is 9.80. The number of aliphatic hydroxyl groups is 1. The number of nitrogens with zero attached hydrogens (tertiary/aromatic N) is 2. The van der Waals surface area contributed by atoms with Gasteiger partial charge in [0, 0.05) is 12.1 Å². The van der Waals surface area contributed by atoms with E-state index in [1.165, 1.54) is 36.3 Å². The minimum absolute atomic E-state index is 0.00906. The van der Waals surface area contributed by atoms with Crippen LogP contribution in [-0.4, -0.2) is 66.0 Å². The summed E-state index contributed by atoms with van der Waals surface area (Å²) in [6.45, 7) is 0.969. The van der Waals surface area contributed by atoms with Crippen molar-refractivity contribution >= 4 is 17.4 Å². The van der Waals surface area contributed by atoms with Crippen LogP contribution in [0, 0.1) is 5.82 Å².